The van der Waals surface area contributed by atoms with Crippen LogP contribution in [0.1, 0.15) is 6.42 Å². The van der Waals surface area contributed by atoms with Crippen LogP contribution in [0.4, 0.5) is 0 Å². The average molecular weight is 287 g/mol. The minimum absolute atomic E-state index is 0. The Kier molecular flexibility index (Phi) is 34.3. The monoisotopic (exact) mass is 285 g/mol. The van der Waals surface area contributed by atoms with Crippen molar-refractivity contribution in [3.8, 4) is 0 Å². The molecule has 0 heterocycles. The molecule has 0 aromatic carbocycles. The van der Waals surface area contributed by atoms with Gasteiger partial charge in [0.25, 0.3) is 0 Å². The first-order chi connectivity index (χ1) is 4.23. The summed E-state index contributed by atoms with van der Waals surface area (Å²) in [7, 11) is 6.25. The quantitative estimate of drug-likeness (QED) is 0.423. The first kappa shape index (κ1) is 23.1. The van der Waals surface area contributed by atoms with Crippen LogP contribution in [0, 0.1) is 6.08 Å². The van der Waals surface area contributed by atoms with Crippen LogP contribution in [0.5, 0.6) is 0 Å². The maximum Gasteiger partial charge on any atom is 2.00 e. The molecule has 0 bridgehead atoms. The topological polar surface area (TPSA) is 4.44 Å². The molecule has 1 nitrogen and oxygen atoms in total. The molecule has 70 valence electrons. The zero-order valence-corrected chi connectivity index (χ0v) is 11.7. The molecule has 0 aromatic rings. The number of allylic oxidation sites excluding steroid dienone is 4. The van der Waals surface area contributed by atoms with Crippen molar-refractivity contribution in [2.45, 2.75) is 6.42 Å². The van der Waals surface area contributed by atoms with E-state index in [1.165, 1.54) is 4.90 Å². The van der Waals surface area contributed by atoms with E-state index in [1.54, 1.807) is 0 Å². The van der Waals surface area contributed by atoms with Gasteiger partial charge in [-0.15, -0.1) is 6.42 Å². The summed E-state index contributed by atoms with van der Waals surface area (Å²) in [6.45, 7) is 0. The number of rotatable bonds is 0. The molecule has 0 saturated carbocycles. The van der Waals surface area contributed by atoms with Gasteiger partial charge in [-0.25, -0.2) is 12.2 Å². The molecule has 1 aliphatic rings. The third-order valence-electron chi connectivity index (χ3n) is 0.586. The normalized spacial score (nSPS) is 10.3. The second-order valence-electron chi connectivity index (χ2n) is 2.50. The Balaban J connectivity index is -0.0000000436. The van der Waals surface area contributed by atoms with E-state index in [2.05, 4.69) is 33.3 Å². The molecule has 1 N–H and O–H groups in total. The molecular formula is C8H15Cl2NZr. The fourth-order valence-corrected chi connectivity index (χ4v) is 0.340. The van der Waals surface area contributed by atoms with Crippen LogP contribution in [-0.4, -0.2) is 21.1 Å². The van der Waals surface area contributed by atoms with Crippen LogP contribution >= 0.6 is 0 Å². The van der Waals surface area contributed by atoms with Crippen molar-refractivity contribution in [2.24, 2.45) is 0 Å². The van der Waals surface area contributed by atoms with Crippen molar-refractivity contribution in [3.63, 3.8) is 0 Å². The van der Waals surface area contributed by atoms with Crippen LogP contribution in [0.3, 0.4) is 0 Å². The van der Waals surface area contributed by atoms with Crippen molar-refractivity contribution in [1.82, 2.24) is 0 Å². The van der Waals surface area contributed by atoms with Crippen molar-refractivity contribution in [1.29, 1.82) is 0 Å². The van der Waals surface area contributed by atoms with Gasteiger partial charge >= 0.3 is 26.2 Å². The summed E-state index contributed by atoms with van der Waals surface area (Å²) in [6, 6.07) is 0. The van der Waals surface area contributed by atoms with E-state index in [1.807, 2.05) is 12.2 Å². The second kappa shape index (κ2) is 17.9. The van der Waals surface area contributed by atoms with Crippen molar-refractivity contribution < 1.29 is 55.9 Å². The van der Waals surface area contributed by atoms with E-state index in [9.17, 15) is 0 Å². The molecule has 0 aromatic heterocycles. The molecule has 0 amide bonds. The third-order valence-corrected chi connectivity index (χ3v) is 0.586. The van der Waals surface area contributed by atoms with Gasteiger partial charge in [0, 0.05) is 0 Å². The van der Waals surface area contributed by atoms with E-state index in [4.69, 9.17) is 0 Å². The number of hydrogen-bond donors (Lipinski definition) is 1. The predicted molar refractivity (Wildman–Crippen MR) is 40.3 cm³/mol. The van der Waals surface area contributed by atoms with Gasteiger partial charge in [-0.05, 0) is 0 Å². The molecular weight excluding hydrogens is 272 g/mol. The van der Waals surface area contributed by atoms with Crippen LogP contribution in [0.15, 0.2) is 18.2 Å². The molecule has 0 aliphatic heterocycles. The van der Waals surface area contributed by atoms with Gasteiger partial charge in [0.05, 0.1) is 21.1 Å². The van der Waals surface area contributed by atoms with Gasteiger partial charge in [-0.3, -0.25) is 6.08 Å². The Bertz CT molecular complexity index is 101. The van der Waals surface area contributed by atoms with Gasteiger partial charge < -0.3 is 29.7 Å². The van der Waals surface area contributed by atoms with E-state index in [0.29, 0.717) is 0 Å². The number of nitrogens with one attached hydrogen (secondary N) is 1. The fraction of sp³-hybridized carbons (Fsp3) is 0.500. The van der Waals surface area contributed by atoms with Crippen LogP contribution in [-0.2, 0) is 26.2 Å². The van der Waals surface area contributed by atoms with Gasteiger partial charge in [-0.2, -0.15) is 6.08 Å². The Morgan fingerprint density at radius 3 is 1.67 bits per heavy atom. The molecule has 1 rings (SSSR count). The van der Waals surface area contributed by atoms with Gasteiger partial charge in [0.2, 0.25) is 0 Å². The summed E-state index contributed by atoms with van der Waals surface area (Å²) >= 11 is 0. The van der Waals surface area contributed by atoms with Crippen molar-refractivity contribution in [2.75, 3.05) is 21.1 Å². The average Bonchev–Trinajstić information content (AvgIpc) is 2.11. The molecule has 0 fully saturated rings. The Morgan fingerprint density at radius 2 is 1.58 bits per heavy atom. The number of halogens is 2. The van der Waals surface area contributed by atoms with E-state index in [0.717, 1.165) is 6.42 Å². The Morgan fingerprint density at radius 1 is 1.17 bits per heavy atom. The van der Waals surface area contributed by atoms with Crippen molar-refractivity contribution >= 4 is 0 Å². The molecule has 4 heteroatoms. The summed E-state index contributed by atoms with van der Waals surface area (Å²) in [5.74, 6) is 0. The third kappa shape index (κ3) is 30.7. The van der Waals surface area contributed by atoms with Gasteiger partial charge in [-0.1, -0.05) is 0 Å². The molecule has 0 saturated heterocycles. The minimum atomic E-state index is 0. The summed E-state index contributed by atoms with van der Waals surface area (Å²) < 4.78 is 0. The number of hydrogen-bond acceptors (Lipinski definition) is 0. The molecule has 12 heavy (non-hydrogen) atoms. The van der Waals surface area contributed by atoms with Crippen LogP contribution in [0.25, 0.3) is 0 Å². The van der Waals surface area contributed by atoms with Crippen LogP contribution < -0.4 is 29.7 Å². The summed E-state index contributed by atoms with van der Waals surface area (Å²) in [4.78, 5) is 1.42. The van der Waals surface area contributed by atoms with E-state index < -0.39 is 0 Å². The van der Waals surface area contributed by atoms with Gasteiger partial charge in [0.15, 0.2) is 0 Å². The van der Waals surface area contributed by atoms with Crippen LogP contribution in [0.2, 0.25) is 0 Å². The molecule has 0 spiro atoms. The first-order valence-electron chi connectivity index (χ1n) is 3.22. The summed E-state index contributed by atoms with van der Waals surface area (Å²) in [5, 5.41) is 0. The van der Waals surface area contributed by atoms with Crippen molar-refractivity contribution in [3.05, 3.63) is 24.3 Å². The number of quaternary nitrogens is 1. The minimum Gasteiger partial charge on any atom is -1.00 e. The standard InChI is InChI=1S/C5H5.C3H9N.2ClH.Zr/c1-2-4-5-3-1;1-4(2)3;;;/h1-3H,4H2;1-3H3;2*1H;/q-1;;;;+2/p-1. The zero-order valence-electron chi connectivity index (χ0n) is 7.70. The second-order valence-corrected chi connectivity index (χ2v) is 2.50. The molecule has 0 radical (unpaired) electrons. The predicted octanol–water partition coefficient (Wildman–Crippen LogP) is -5.93. The maximum absolute atomic E-state index is 2.99. The van der Waals surface area contributed by atoms with E-state index >= 15 is 0 Å². The fourth-order valence-electron chi connectivity index (χ4n) is 0.340. The molecule has 1 aliphatic carbocycles. The SMILES string of the molecule is C[NH+](C)C.[C-]1=CC=CC1.[Cl-].[Cl-].[Zr+2]. The molecule has 0 unspecified atom stereocenters. The molecule has 0 atom stereocenters. The largest absolute Gasteiger partial charge is 2.00 e. The Hall–Kier alpha value is 0.903. The van der Waals surface area contributed by atoms with Gasteiger partial charge in [0.1, 0.15) is 0 Å². The first-order valence-corrected chi connectivity index (χ1v) is 3.22. The Labute approximate surface area is 107 Å². The zero-order chi connectivity index (χ0) is 7.11. The van der Waals surface area contributed by atoms with E-state index in [-0.39, 0.29) is 51.0 Å². The summed E-state index contributed by atoms with van der Waals surface area (Å²) in [6.07, 6.45) is 10.0. The smallest absolute Gasteiger partial charge is 1.00 e. The summed E-state index contributed by atoms with van der Waals surface area (Å²) in [5.41, 5.74) is 0. The maximum atomic E-state index is 2.99.